The van der Waals surface area contributed by atoms with Crippen LogP contribution in [0.4, 0.5) is 0 Å². The van der Waals surface area contributed by atoms with E-state index in [0.29, 0.717) is 0 Å². The van der Waals surface area contributed by atoms with Crippen LogP contribution in [-0.4, -0.2) is 81.4 Å². The zero-order valence-electron chi connectivity index (χ0n) is 16.4. The zero-order valence-corrected chi connectivity index (χ0v) is 20.3. The van der Waals surface area contributed by atoms with Gasteiger partial charge in [-0.05, 0) is 63.8 Å². The Morgan fingerprint density at radius 1 is 1.11 bits per heavy atom. The number of benzene rings is 1. The Labute approximate surface area is 190 Å². The molecule has 0 aliphatic carbocycles. The molecule has 0 atom stereocenters. The van der Waals surface area contributed by atoms with E-state index in [9.17, 15) is 0 Å². The number of thioether (sulfide) groups is 1. The predicted molar refractivity (Wildman–Crippen MR) is 130 cm³/mol. The molecule has 0 bridgehead atoms. The van der Waals surface area contributed by atoms with Crippen molar-refractivity contribution in [3.8, 4) is 0 Å². The summed E-state index contributed by atoms with van der Waals surface area (Å²) in [4.78, 5) is 10.5. The van der Waals surface area contributed by atoms with Gasteiger partial charge in [0.1, 0.15) is 0 Å². The highest BCUT2D eigenvalue weighted by Gasteiger charge is 2.11. The van der Waals surface area contributed by atoms with E-state index >= 15 is 0 Å². The van der Waals surface area contributed by atoms with Crippen molar-refractivity contribution in [1.29, 1.82) is 0 Å². The summed E-state index contributed by atoms with van der Waals surface area (Å²) in [6.07, 6.45) is 2.42. The SMILES string of the molecule is CN=C(NCCCN1CCCN(C)CC1)NCCSc1ccc(Cl)cc1.I. The number of nitrogens with zero attached hydrogens (tertiary/aromatic N) is 3. The first-order chi connectivity index (χ1) is 12.7. The maximum atomic E-state index is 5.91. The molecule has 27 heavy (non-hydrogen) atoms. The lowest BCUT2D eigenvalue weighted by Crippen LogP contribution is -2.40. The van der Waals surface area contributed by atoms with Crippen molar-refractivity contribution >= 4 is 53.3 Å². The summed E-state index contributed by atoms with van der Waals surface area (Å²) in [6.45, 7) is 7.80. The molecule has 1 fully saturated rings. The molecular weight excluding hydrogens is 493 g/mol. The van der Waals surface area contributed by atoms with Crippen molar-refractivity contribution in [2.24, 2.45) is 4.99 Å². The Hall–Kier alpha value is -0.220. The fourth-order valence-corrected chi connectivity index (χ4v) is 3.82. The third-order valence-corrected chi connectivity index (χ3v) is 5.72. The molecule has 1 aliphatic heterocycles. The summed E-state index contributed by atoms with van der Waals surface area (Å²) in [6, 6.07) is 7.97. The number of hydrogen-bond donors (Lipinski definition) is 2. The average molecular weight is 526 g/mol. The summed E-state index contributed by atoms with van der Waals surface area (Å²) < 4.78 is 0. The number of aliphatic imine (C=N–C) groups is 1. The lowest BCUT2D eigenvalue weighted by atomic mass is 10.3. The molecule has 1 heterocycles. The van der Waals surface area contributed by atoms with Crippen LogP contribution in [0.3, 0.4) is 0 Å². The molecule has 0 aromatic heterocycles. The fourth-order valence-electron chi connectivity index (χ4n) is 2.92. The molecule has 0 amide bonds. The highest BCUT2D eigenvalue weighted by molar-refractivity contribution is 14.0. The van der Waals surface area contributed by atoms with E-state index in [-0.39, 0.29) is 24.0 Å². The van der Waals surface area contributed by atoms with E-state index in [1.165, 1.54) is 37.5 Å². The van der Waals surface area contributed by atoms with Crippen LogP contribution in [0.1, 0.15) is 12.8 Å². The van der Waals surface area contributed by atoms with Gasteiger partial charge in [0.15, 0.2) is 5.96 Å². The summed E-state index contributed by atoms with van der Waals surface area (Å²) in [5.74, 6) is 1.88. The first-order valence-corrected chi connectivity index (χ1v) is 10.8. The lowest BCUT2D eigenvalue weighted by Gasteiger charge is -2.20. The minimum atomic E-state index is 0. The van der Waals surface area contributed by atoms with Gasteiger partial charge in [-0.25, -0.2) is 0 Å². The van der Waals surface area contributed by atoms with Crippen molar-refractivity contribution in [2.75, 3.05) is 65.7 Å². The summed E-state index contributed by atoms with van der Waals surface area (Å²) in [5.41, 5.74) is 0. The van der Waals surface area contributed by atoms with Gasteiger partial charge in [-0.1, -0.05) is 11.6 Å². The first-order valence-electron chi connectivity index (χ1n) is 9.41. The molecule has 0 spiro atoms. The molecule has 1 saturated heterocycles. The zero-order chi connectivity index (χ0) is 18.6. The molecule has 1 aromatic rings. The minimum Gasteiger partial charge on any atom is -0.356 e. The molecule has 0 radical (unpaired) electrons. The third-order valence-electron chi connectivity index (χ3n) is 4.46. The lowest BCUT2D eigenvalue weighted by molar-refractivity contribution is 0.274. The molecule has 2 rings (SSSR count). The van der Waals surface area contributed by atoms with Gasteiger partial charge in [0, 0.05) is 48.9 Å². The summed E-state index contributed by atoms with van der Waals surface area (Å²) in [5, 5.41) is 7.57. The van der Waals surface area contributed by atoms with E-state index in [2.05, 4.69) is 44.6 Å². The molecule has 5 nitrogen and oxygen atoms in total. The van der Waals surface area contributed by atoms with E-state index < -0.39 is 0 Å². The second-order valence-electron chi connectivity index (χ2n) is 6.58. The molecule has 0 unspecified atom stereocenters. The third kappa shape index (κ3) is 10.8. The quantitative estimate of drug-likeness (QED) is 0.179. The number of likely N-dealkylation sites (N-methyl/N-ethyl adjacent to an activating group) is 1. The molecule has 154 valence electrons. The van der Waals surface area contributed by atoms with Crippen LogP contribution in [0.5, 0.6) is 0 Å². The van der Waals surface area contributed by atoms with Crippen LogP contribution in [0, 0.1) is 0 Å². The number of rotatable bonds is 8. The molecule has 8 heteroatoms. The van der Waals surface area contributed by atoms with Crippen molar-refractivity contribution in [3.63, 3.8) is 0 Å². The van der Waals surface area contributed by atoms with Crippen molar-refractivity contribution < 1.29 is 0 Å². The monoisotopic (exact) mass is 525 g/mol. The van der Waals surface area contributed by atoms with Crippen LogP contribution in [0.2, 0.25) is 5.02 Å². The van der Waals surface area contributed by atoms with Crippen molar-refractivity contribution in [2.45, 2.75) is 17.7 Å². The molecule has 0 saturated carbocycles. The molecule has 1 aromatic carbocycles. The highest BCUT2D eigenvalue weighted by atomic mass is 127. The van der Waals surface area contributed by atoms with Crippen LogP contribution in [0.15, 0.2) is 34.2 Å². The second kappa shape index (κ2) is 14.7. The topological polar surface area (TPSA) is 42.9 Å². The van der Waals surface area contributed by atoms with Gasteiger partial charge >= 0.3 is 0 Å². The van der Waals surface area contributed by atoms with Crippen LogP contribution >= 0.6 is 47.3 Å². The smallest absolute Gasteiger partial charge is 0.191 e. The van der Waals surface area contributed by atoms with E-state index in [4.69, 9.17) is 11.6 Å². The maximum Gasteiger partial charge on any atom is 0.191 e. The average Bonchev–Trinajstić information content (AvgIpc) is 2.86. The second-order valence-corrected chi connectivity index (χ2v) is 8.18. The van der Waals surface area contributed by atoms with Crippen LogP contribution in [-0.2, 0) is 0 Å². The van der Waals surface area contributed by atoms with Crippen LogP contribution < -0.4 is 10.6 Å². The van der Waals surface area contributed by atoms with Gasteiger partial charge in [0.2, 0.25) is 0 Å². The van der Waals surface area contributed by atoms with Crippen molar-refractivity contribution in [3.05, 3.63) is 29.3 Å². The van der Waals surface area contributed by atoms with Gasteiger partial charge in [-0.15, -0.1) is 35.7 Å². The van der Waals surface area contributed by atoms with Gasteiger partial charge < -0.3 is 20.4 Å². The molecular formula is C19H33ClIN5S. The number of guanidine groups is 1. The summed E-state index contributed by atoms with van der Waals surface area (Å²) in [7, 11) is 4.04. The van der Waals surface area contributed by atoms with Crippen LogP contribution in [0.25, 0.3) is 0 Å². The number of hydrogen-bond acceptors (Lipinski definition) is 4. The van der Waals surface area contributed by atoms with Gasteiger partial charge in [0.05, 0.1) is 0 Å². The number of nitrogens with one attached hydrogen (secondary N) is 2. The summed E-state index contributed by atoms with van der Waals surface area (Å²) >= 11 is 7.72. The Kier molecular flexibility index (Phi) is 13.5. The normalized spacial score (nSPS) is 16.5. The number of halogens is 2. The Bertz CT molecular complexity index is 543. The van der Waals surface area contributed by atoms with E-state index in [1.807, 2.05) is 30.9 Å². The standard InChI is InChI=1S/C19H32ClN5S.HI/c1-21-19(23-10-16-26-18-7-5-17(20)6-8-18)22-9-3-12-25-13-4-11-24(2)14-15-25;/h5-8H,3-4,9-16H2,1-2H3,(H2,21,22,23);1H. The molecule has 1 aliphatic rings. The Morgan fingerprint density at radius 2 is 1.85 bits per heavy atom. The van der Waals surface area contributed by atoms with Gasteiger partial charge in [0.25, 0.3) is 0 Å². The van der Waals surface area contributed by atoms with E-state index in [0.717, 1.165) is 42.8 Å². The fraction of sp³-hybridized carbons (Fsp3) is 0.632. The first kappa shape index (κ1) is 24.8. The Morgan fingerprint density at radius 3 is 2.59 bits per heavy atom. The largest absolute Gasteiger partial charge is 0.356 e. The van der Waals surface area contributed by atoms with Crippen molar-refractivity contribution in [1.82, 2.24) is 20.4 Å². The van der Waals surface area contributed by atoms with E-state index in [1.54, 1.807) is 0 Å². The maximum absolute atomic E-state index is 5.91. The highest BCUT2D eigenvalue weighted by Crippen LogP contribution is 2.19. The minimum absolute atomic E-state index is 0. The van der Waals surface area contributed by atoms with Gasteiger partial charge in [-0.2, -0.15) is 0 Å². The van der Waals surface area contributed by atoms with Gasteiger partial charge in [-0.3, -0.25) is 4.99 Å². The predicted octanol–water partition coefficient (Wildman–Crippen LogP) is 3.24. The Balaban J connectivity index is 0.00000364. The molecule has 2 N–H and O–H groups in total.